The maximum Gasteiger partial charge on any atom is 0.336 e. The van der Waals surface area contributed by atoms with Gasteiger partial charge in [-0.25, -0.2) is 9.59 Å². The first kappa shape index (κ1) is 13.4. The molecule has 17 heavy (non-hydrogen) atoms. The van der Waals surface area contributed by atoms with Gasteiger partial charge in [0, 0.05) is 10.3 Å². The van der Waals surface area contributed by atoms with Gasteiger partial charge in [-0.15, -0.1) is 11.3 Å². The van der Waals surface area contributed by atoms with Crippen molar-refractivity contribution in [1.82, 2.24) is 0 Å². The molecular weight excluding hydrogens is 260 g/mol. The molecule has 0 radical (unpaired) electrons. The number of hydrogen-bond donors (Lipinski definition) is 2. The zero-order valence-electron chi connectivity index (χ0n) is 8.91. The highest BCUT2D eigenvalue weighted by Crippen LogP contribution is 2.13. The smallest absolute Gasteiger partial charge is 0.336 e. The lowest BCUT2D eigenvalue weighted by molar-refractivity contribution is 0.0686. The van der Waals surface area contributed by atoms with Crippen LogP contribution in [0.5, 0.6) is 0 Å². The number of carboxylic acid groups (broad SMARTS) is 2. The minimum atomic E-state index is -0.855. The van der Waals surface area contributed by atoms with Crippen molar-refractivity contribution in [2.75, 3.05) is 0 Å². The average molecular weight is 270 g/mol. The molecule has 0 aliphatic rings. The second-order valence-electron chi connectivity index (χ2n) is 3.01. The summed E-state index contributed by atoms with van der Waals surface area (Å²) in [5.41, 5.74) is 0.787. The standard InChI is InChI=1S/C6H6O2S.C5H4O2S/c1-4-5(6(7)8)2-3-9-4;6-5(7)4-1-2-8-3-4/h2-3H,1H3,(H,7,8);1-3H,(H,6,7). The van der Waals surface area contributed by atoms with Crippen molar-refractivity contribution >= 4 is 34.6 Å². The summed E-state index contributed by atoms with van der Waals surface area (Å²) in [6, 6.07) is 3.19. The summed E-state index contributed by atoms with van der Waals surface area (Å²) >= 11 is 2.84. The van der Waals surface area contributed by atoms with Crippen molar-refractivity contribution in [1.29, 1.82) is 0 Å². The monoisotopic (exact) mass is 270 g/mol. The van der Waals surface area contributed by atoms with E-state index in [2.05, 4.69) is 0 Å². The van der Waals surface area contributed by atoms with Gasteiger partial charge >= 0.3 is 11.9 Å². The van der Waals surface area contributed by atoms with Crippen LogP contribution in [0.3, 0.4) is 0 Å². The molecule has 0 aliphatic carbocycles. The minimum Gasteiger partial charge on any atom is -0.478 e. The Hall–Kier alpha value is -1.66. The first-order chi connectivity index (χ1) is 8.02. The topological polar surface area (TPSA) is 74.6 Å². The maximum absolute atomic E-state index is 10.3. The Bertz CT molecular complexity index is 499. The summed E-state index contributed by atoms with van der Waals surface area (Å²) < 4.78 is 0. The molecule has 0 bridgehead atoms. The highest BCUT2D eigenvalue weighted by Gasteiger charge is 2.05. The summed E-state index contributed by atoms with van der Waals surface area (Å²) in [4.78, 5) is 21.2. The molecule has 2 rings (SSSR count). The third-order valence-electron chi connectivity index (χ3n) is 1.86. The highest BCUT2D eigenvalue weighted by atomic mass is 32.1. The molecule has 4 nitrogen and oxygen atoms in total. The molecule has 0 saturated heterocycles. The summed E-state index contributed by atoms with van der Waals surface area (Å²) in [5.74, 6) is -1.69. The normalized spacial score (nSPS) is 9.24. The van der Waals surface area contributed by atoms with E-state index in [1.807, 2.05) is 0 Å². The summed E-state index contributed by atoms with van der Waals surface area (Å²) in [6.45, 7) is 1.80. The Morgan fingerprint density at radius 1 is 1.12 bits per heavy atom. The lowest BCUT2D eigenvalue weighted by Gasteiger charge is -1.86. The molecule has 2 aromatic rings. The van der Waals surface area contributed by atoms with Crippen LogP contribution in [-0.4, -0.2) is 22.2 Å². The third-order valence-corrected chi connectivity index (χ3v) is 3.39. The molecule has 0 saturated carbocycles. The Morgan fingerprint density at radius 3 is 2.06 bits per heavy atom. The van der Waals surface area contributed by atoms with Gasteiger partial charge in [-0.2, -0.15) is 11.3 Å². The van der Waals surface area contributed by atoms with Gasteiger partial charge in [0.2, 0.25) is 0 Å². The fraction of sp³-hybridized carbons (Fsp3) is 0.0909. The Kier molecular flexibility index (Phi) is 4.86. The minimum absolute atomic E-state index is 0.370. The molecule has 6 heteroatoms. The van der Waals surface area contributed by atoms with Crippen molar-refractivity contribution in [2.24, 2.45) is 0 Å². The first-order valence-electron chi connectivity index (χ1n) is 4.55. The first-order valence-corrected chi connectivity index (χ1v) is 6.37. The van der Waals surface area contributed by atoms with Gasteiger partial charge in [0.05, 0.1) is 11.1 Å². The molecular formula is C11H10O4S2. The van der Waals surface area contributed by atoms with E-state index in [4.69, 9.17) is 10.2 Å². The van der Waals surface area contributed by atoms with E-state index in [9.17, 15) is 9.59 Å². The fourth-order valence-corrected chi connectivity index (χ4v) is 2.31. The SMILES string of the molecule is Cc1sccc1C(=O)O.O=C(O)c1ccsc1. The number of rotatable bonds is 2. The van der Waals surface area contributed by atoms with E-state index in [1.54, 1.807) is 35.2 Å². The third kappa shape index (κ3) is 4.01. The molecule has 2 aromatic heterocycles. The summed E-state index contributed by atoms with van der Waals surface area (Å²) in [6.07, 6.45) is 0. The van der Waals surface area contributed by atoms with Gasteiger partial charge in [-0.05, 0) is 29.8 Å². The predicted octanol–water partition coefficient (Wildman–Crippen LogP) is 3.20. The number of thiophene rings is 2. The van der Waals surface area contributed by atoms with E-state index < -0.39 is 11.9 Å². The summed E-state index contributed by atoms with van der Waals surface area (Å²) in [5, 5.41) is 21.9. The average Bonchev–Trinajstić information content (AvgIpc) is 2.87. The Balaban J connectivity index is 0.000000171. The zero-order chi connectivity index (χ0) is 12.8. The van der Waals surface area contributed by atoms with Crippen LogP contribution in [-0.2, 0) is 0 Å². The zero-order valence-corrected chi connectivity index (χ0v) is 10.5. The quantitative estimate of drug-likeness (QED) is 0.878. The second-order valence-corrected chi connectivity index (χ2v) is 4.91. The molecule has 0 aromatic carbocycles. The van der Waals surface area contributed by atoms with E-state index >= 15 is 0 Å². The number of aryl methyl sites for hydroxylation is 1. The molecule has 0 fully saturated rings. The molecule has 0 unspecified atom stereocenters. The number of hydrogen-bond acceptors (Lipinski definition) is 4. The lowest BCUT2D eigenvalue weighted by Crippen LogP contribution is -1.94. The fourth-order valence-electron chi connectivity index (χ4n) is 0.993. The van der Waals surface area contributed by atoms with Crippen molar-refractivity contribution < 1.29 is 19.8 Å². The van der Waals surface area contributed by atoms with Crippen LogP contribution < -0.4 is 0 Å². The Morgan fingerprint density at radius 2 is 1.82 bits per heavy atom. The molecule has 0 amide bonds. The molecule has 2 N–H and O–H groups in total. The van der Waals surface area contributed by atoms with Crippen LogP contribution >= 0.6 is 22.7 Å². The number of carboxylic acids is 2. The molecule has 0 spiro atoms. The van der Waals surface area contributed by atoms with E-state index in [0.29, 0.717) is 11.1 Å². The van der Waals surface area contributed by atoms with Crippen molar-refractivity contribution in [3.8, 4) is 0 Å². The van der Waals surface area contributed by atoms with Crippen molar-refractivity contribution in [3.05, 3.63) is 44.3 Å². The molecule has 0 aliphatic heterocycles. The largest absolute Gasteiger partial charge is 0.478 e. The van der Waals surface area contributed by atoms with Crippen LogP contribution in [0.15, 0.2) is 28.3 Å². The second kappa shape index (κ2) is 6.17. The van der Waals surface area contributed by atoms with Crippen LogP contribution in [0.1, 0.15) is 25.6 Å². The van der Waals surface area contributed by atoms with Crippen molar-refractivity contribution in [3.63, 3.8) is 0 Å². The van der Waals surface area contributed by atoms with Gasteiger partial charge in [0.25, 0.3) is 0 Å². The predicted molar refractivity (Wildman–Crippen MR) is 67.3 cm³/mol. The highest BCUT2D eigenvalue weighted by molar-refractivity contribution is 7.10. The molecule has 90 valence electrons. The van der Waals surface area contributed by atoms with Crippen LogP contribution in [0.25, 0.3) is 0 Å². The van der Waals surface area contributed by atoms with Crippen molar-refractivity contribution in [2.45, 2.75) is 6.92 Å². The van der Waals surface area contributed by atoms with Gasteiger partial charge in [-0.3, -0.25) is 0 Å². The van der Waals surface area contributed by atoms with E-state index in [-0.39, 0.29) is 0 Å². The van der Waals surface area contributed by atoms with Gasteiger partial charge < -0.3 is 10.2 Å². The van der Waals surface area contributed by atoms with Gasteiger partial charge in [0.15, 0.2) is 0 Å². The van der Waals surface area contributed by atoms with Gasteiger partial charge in [0.1, 0.15) is 0 Å². The number of aromatic carboxylic acids is 2. The Labute approximate surface area is 106 Å². The van der Waals surface area contributed by atoms with Crippen LogP contribution in [0.2, 0.25) is 0 Å². The lowest BCUT2D eigenvalue weighted by atomic mass is 10.3. The molecule has 0 atom stereocenters. The summed E-state index contributed by atoms with van der Waals surface area (Å²) in [7, 11) is 0. The van der Waals surface area contributed by atoms with Crippen LogP contribution in [0, 0.1) is 6.92 Å². The number of carbonyl (C=O) groups is 2. The van der Waals surface area contributed by atoms with Gasteiger partial charge in [-0.1, -0.05) is 0 Å². The maximum atomic E-state index is 10.3. The van der Waals surface area contributed by atoms with Crippen LogP contribution in [0.4, 0.5) is 0 Å². The van der Waals surface area contributed by atoms with E-state index in [0.717, 1.165) is 4.88 Å². The van der Waals surface area contributed by atoms with E-state index in [1.165, 1.54) is 22.7 Å². The molecule has 2 heterocycles.